The highest BCUT2D eigenvalue weighted by molar-refractivity contribution is 5.83. The summed E-state index contributed by atoms with van der Waals surface area (Å²) in [6.45, 7) is 6.09. The normalized spacial score (nSPS) is 19.6. The molecule has 0 saturated carbocycles. The molecule has 0 radical (unpaired) electrons. The zero-order chi connectivity index (χ0) is 19.0. The molecule has 0 aromatic heterocycles. The zero-order valence-electron chi connectivity index (χ0n) is 14.8. The van der Waals surface area contributed by atoms with Crippen molar-refractivity contribution in [2.45, 2.75) is 39.2 Å². The molecule has 0 unspecified atom stereocenters. The second kappa shape index (κ2) is 9.27. The van der Waals surface area contributed by atoms with Crippen LogP contribution >= 0.6 is 0 Å². The molecule has 0 bridgehead atoms. The van der Waals surface area contributed by atoms with Crippen molar-refractivity contribution >= 4 is 18.1 Å². The summed E-state index contributed by atoms with van der Waals surface area (Å²) in [4.78, 5) is 24.7. The van der Waals surface area contributed by atoms with E-state index >= 15 is 0 Å². The van der Waals surface area contributed by atoms with Crippen molar-refractivity contribution in [3.05, 3.63) is 35.1 Å². The summed E-state index contributed by atoms with van der Waals surface area (Å²) in [6.07, 6.45) is 0.833. The second-order valence-electron chi connectivity index (χ2n) is 6.60. The smallest absolute Gasteiger partial charge is 0.290 e. The quantitative estimate of drug-likeness (QED) is 0.792. The number of benzene rings is 1. The number of carbonyl (C=O) groups is 2. The van der Waals surface area contributed by atoms with E-state index in [4.69, 9.17) is 20.4 Å². The van der Waals surface area contributed by atoms with Crippen molar-refractivity contribution in [1.82, 2.24) is 0 Å². The average molecular weight is 352 g/mol. The van der Waals surface area contributed by atoms with E-state index in [0.29, 0.717) is 30.2 Å². The van der Waals surface area contributed by atoms with Gasteiger partial charge in [-0.25, -0.2) is 4.39 Å². The molecule has 0 aliphatic carbocycles. The number of aliphatic imine (C=N–C) groups is 1. The molecule has 0 fully saturated rings. The van der Waals surface area contributed by atoms with E-state index in [1.54, 1.807) is 19.1 Å². The topological polar surface area (TPSA) is 102 Å². The number of hydrogen-bond donors (Lipinski definition) is 2. The Labute approximate surface area is 146 Å². The van der Waals surface area contributed by atoms with Crippen LogP contribution in [0, 0.1) is 11.7 Å². The number of amidine groups is 1. The van der Waals surface area contributed by atoms with Crippen molar-refractivity contribution in [2.75, 3.05) is 13.2 Å². The number of halogens is 1. The minimum Gasteiger partial charge on any atom is -0.483 e. The maximum absolute atomic E-state index is 14.2. The van der Waals surface area contributed by atoms with Crippen molar-refractivity contribution in [2.24, 2.45) is 16.6 Å². The fourth-order valence-corrected chi connectivity index (χ4v) is 2.72. The monoisotopic (exact) mass is 352 g/mol. The van der Waals surface area contributed by atoms with Crippen molar-refractivity contribution in [1.29, 1.82) is 0 Å². The van der Waals surface area contributed by atoms with E-state index in [-0.39, 0.29) is 31.3 Å². The van der Waals surface area contributed by atoms with E-state index in [2.05, 4.69) is 4.99 Å². The molecule has 1 aliphatic heterocycles. The largest absolute Gasteiger partial charge is 0.483 e. The van der Waals surface area contributed by atoms with Gasteiger partial charge < -0.3 is 15.6 Å². The Morgan fingerprint density at radius 3 is 2.72 bits per heavy atom. The number of carboxylic acid groups (broad SMARTS) is 1. The Kier molecular flexibility index (Phi) is 7.70. The Bertz CT molecular complexity index is 646. The van der Waals surface area contributed by atoms with Crippen LogP contribution in [-0.2, 0) is 26.3 Å². The minimum absolute atomic E-state index is 0.153. The molecule has 3 N–H and O–H groups in total. The van der Waals surface area contributed by atoms with Crippen LogP contribution in [0.2, 0.25) is 0 Å². The van der Waals surface area contributed by atoms with Crippen LogP contribution in [-0.4, -0.2) is 36.4 Å². The first-order valence-corrected chi connectivity index (χ1v) is 8.02. The van der Waals surface area contributed by atoms with Crippen LogP contribution in [0.15, 0.2) is 23.2 Å². The summed E-state index contributed by atoms with van der Waals surface area (Å²) < 4.78 is 19.6. The maximum Gasteiger partial charge on any atom is 0.290 e. The molecule has 138 valence electrons. The average Bonchev–Trinajstić information content (AvgIpc) is 2.49. The van der Waals surface area contributed by atoms with Crippen LogP contribution in [0.25, 0.3) is 0 Å². The lowest BCUT2D eigenvalue weighted by molar-refractivity contribution is -0.123. The van der Waals surface area contributed by atoms with E-state index in [9.17, 15) is 9.18 Å². The number of hydrogen-bond acceptors (Lipinski definition) is 5. The highest BCUT2D eigenvalue weighted by Crippen LogP contribution is 2.31. The summed E-state index contributed by atoms with van der Waals surface area (Å²) in [6, 6.07) is 4.75. The van der Waals surface area contributed by atoms with Crippen LogP contribution in [0.3, 0.4) is 0 Å². The predicted octanol–water partition coefficient (Wildman–Crippen LogP) is 2.29. The number of Topliss-reactive ketones (excluding diaryl/α,β-unsaturated/α-hetero) is 1. The third kappa shape index (κ3) is 6.26. The van der Waals surface area contributed by atoms with E-state index in [0.717, 1.165) is 5.56 Å². The first-order chi connectivity index (χ1) is 11.7. The number of carbonyl (C=O) groups excluding carboxylic acids is 1. The summed E-state index contributed by atoms with van der Waals surface area (Å²) in [5.74, 6) is 0.473. The van der Waals surface area contributed by atoms with Gasteiger partial charge in [0.05, 0.1) is 6.61 Å². The SMILES string of the molecule is CC(C)CC(=O)Cc1ccc(F)c([C@]2(C)COCC(N)=N2)c1.O=CO. The van der Waals surface area contributed by atoms with Crippen LogP contribution in [0.4, 0.5) is 4.39 Å². The molecule has 0 spiro atoms. The highest BCUT2D eigenvalue weighted by atomic mass is 19.1. The Balaban J connectivity index is 0.000000970. The third-order valence-corrected chi connectivity index (χ3v) is 3.67. The van der Waals surface area contributed by atoms with Crippen molar-refractivity contribution in [3.63, 3.8) is 0 Å². The maximum atomic E-state index is 14.2. The van der Waals surface area contributed by atoms with Gasteiger partial charge >= 0.3 is 0 Å². The predicted molar refractivity (Wildman–Crippen MR) is 93.1 cm³/mol. The standard InChI is InChI=1S/C17H23FN2O2.CH2O2/c1-11(2)6-13(21)7-12-4-5-15(18)14(8-12)17(3)10-22-9-16(19)20-17;2-1-3/h4-5,8,11H,6-7,9-10H2,1-3H3,(H2,19,20);1H,(H,2,3)/t17-;/m0./s1. The fourth-order valence-electron chi connectivity index (χ4n) is 2.72. The Hall–Kier alpha value is -2.28. The summed E-state index contributed by atoms with van der Waals surface area (Å²) in [7, 11) is 0. The molecule has 25 heavy (non-hydrogen) atoms. The van der Waals surface area contributed by atoms with E-state index < -0.39 is 5.54 Å². The second-order valence-corrected chi connectivity index (χ2v) is 6.60. The number of nitrogens with zero attached hydrogens (tertiary/aromatic N) is 1. The number of nitrogens with two attached hydrogens (primary N) is 1. The third-order valence-electron chi connectivity index (χ3n) is 3.67. The van der Waals surface area contributed by atoms with Gasteiger partial charge in [-0.2, -0.15) is 0 Å². The molecule has 1 aromatic rings. The Morgan fingerprint density at radius 1 is 1.52 bits per heavy atom. The van der Waals surface area contributed by atoms with Gasteiger partial charge in [0, 0.05) is 18.4 Å². The highest BCUT2D eigenvalue weighted by Gasteiger charge is 2.32. The molecule has 1 atom stereocenters. The lowest BCUT2D eigenvalue weighted by atomic mass is 9.89. The number of rotatable bonds is 5. The van der Waals surface area contributed by atoms with Gasteiger partial charge in [-0.05, 0) is 30.5 Å². The van der Waals surface area contributed by atoms with Crippen LogP contribution < -0.4 is 5.73 Å². The first kappa shape index (κ1) is 20.8. The van der Waals surface area contributed by atoms with Gasteiger partial charge in [0.25, 0.3) is 6.47 Å². The summed E-state index contributed by atoms with van der Waals surface area (Å²) in [5.41, 5.74) is 6.09. The lowest BCUT2D eigenvalue weighted by Gasteiger charge is -2.30. The molecular formula is C18H25FN2O4. The van der Waals surface area contributed by atoms with E-state index in [1.807, 2.05) is 13.8 Å². The van der Waals surface area contributed by atoms with Gasteiger partial charge in [0.2, 0.25) is 0 Å². The molecule has 0 saturated heterocycles. The summed E-state index contributed by atoms with van der Waals surface area (Å²) in [5, 5.41) is 6.89. The van der Waals surface area contributed by atoms with Gasteiger partial charge in [-0.1, -0.05) is 19.9 Å². The van der Waals surface area contributed by atoms with Crippen molar-refractivity contribution in [3.8, 4) is 0 Å². The molecule has 0 amide bonds. The van der Waals surface area contributed by atoms with Crippen LogP contribution in [0.1, 0.15) is 38.3 Å². The number of ether oxygens (including phenoxy) is 1. The minimum atomic E-state index is -0.844. The van der Waals surface area contributed by atoms with Crippen LogP contribution in [0.5, 0.6) is 0 Å². The zero-order valence-corrected chi connectivity index (χ0v) is 14.8. The van der Waals surface area contributed by atoms with Crippen molar-refractivity contribution < 1.29 is 23.8 Å². The molecule has 1 heterocycles. The molecule has 2 rings (SSSR count). The molecule has 1 aromatic carbocycles. The molecule has 6 nitrogen and oxygen atoms in total. The Morgan fingerprint density at radius 2 is 2.16 bits per heavy atom. The lowest BCUT2D eigenvalue weighted by Crippen LogP contribution is -2.38. The first-order valence-electron chi connectivity index (χ1n) is 8.02. The van der Waals surface area contributed by atoms with Gasteiger partial charge in [-0.15, -0.1) is 0 Å². The van der Waals surface area contributed by atoms with Gasteiger partial charge in [0.15, 0.2) is 0 Å². The van der Waals surface area contributed by atoms with Gasteiger partial charge in [0.1, 0.15) is 29.6 Å². The molecule has 7 heteroatoms. The number of ketones is 1. The summed E-state index contributed by atoms with van der Waals surface area (Å²) >= 11 is 0. The molecule has 1 aliphatic rings. The molecular weight excluding hydrogens is 327 g/mol. The van der Waals surface area contributed by atoms with E-state index in [1.165, 1.54) is 6.07 Å². The fraction of sp³-hybridized carbons (Fsp3) is 0.500. The van der Waals surface area contributed by atoms with Gasteiger partial charge in [-0.3, -0.25) is 14.6 Å².